The highest BCUT2D eigenvalue weighted by atomic mass is 35.5. The molecular weight excluding hydrogens is 418 g/mol. The molecule has 3 rings (SSSR count). The minimum atomic E-state index is -1.18. The van der Waals surface area contributed by atoms with Gasteiger partial charge in [0, 0.05) is 17.0 Å². The molecule has 0 aliphatic heterocycles. The van der Waals surface area contributed by atoms with Crippen LogP contribution in [0.2, 0.25) is 5.02 Å². The number of hydrogen-bond acceptors (Lipinski definition) is 4. The lowest BCUT2D eigenvalue weighted by molar-refractivity contribution is -0.137. The van der Waals surface area contributed by atoms with Crippen molar-refractivity contribution in [3.63, 3.8) is 0 Å². The lowest BCUT2D eigenvalue weighted by atomic mass is 9.79. The molecular formula is C23H24ClN3O4. The number of nitrogens with zero attached hydrogens (tertiary/aromatic N) is 3. The Bertz CT molecular complexity index is 1180. The van der Waals surface area contributed by atoms with E-state index in [1.54, 1.807) is 24.3 Å². The van der Waals surface area contributed by atoms with E-state index in [0.29, 0.717) is 10.6 Å². The van der Waals surface area contributed by atoms with Gasteiger partial charge in [0.15, 0.2) is 11.6 Å². The van der Waals surface area contributed by atoms with E-state index in [2.05, 4.69) is 5.10 Å². The fourth-order valence-electron chi connectivity index (χ4n) is 3.52. The van der Waals surface area contributed by atoms with Crippen LogP contribution in [0.1, 0.15) is 31.4 Å². The van der Waals surface area contributed by atoms with Crippen LogP contribution in [0.15, 0.2) is 53.3 Å². The SMILES string of the molecule is Cc1cccc(C(C)(C)CC(=O)Cn2nc(-c3ccc(Cl)cc3)n(CC(=O)O)c2=O)c1. The first-order valence-corrected chi connectivity index (χ1v) is 10.2. The van der Waals surface area contributed by atoms with Gasteiger partial charge >= 0.3 is 11.7 Å². The van der Waals surface area contributed by atoms with Gasteiger partial charge in [-0.2, -0.15) is 0 Å². The summed E-state index contributed by atoms with van der Waals surface area (Å²) in [6, 6.07) is 14.5. The zero-order valence-electron chi connectivity index (χ0n) is 17.6. The number of rotatable bonds is 8. The lowest BCUT2D eigenvalue weighted by Gasteiger charge is -2.24. The van der Waals surface area contributed by atoms with Crippen LogP contribution in [0, 0.1) is 6.92 Å². The molecule has 31 heavy (non-hydrogen) atoms. The van der Waals surface area contributed by atoms with Crippen LogP contribution < -0.4 is 5.69 Å². The smallest absolute Gasteiger partial charge is 0.347 e. The summed E-state index contributed by atoms with van der Waals surface area (Å²) in [5.74, 6) is -1.17. The summed E-state index contributed by atoms with van der Waals surface area (Å²) in [5.41, 5.74) is 1.61. The summed E-state index contributed by atoms with van der Waals surface area (Å²) in [7, 11) is 0. The van der Waals surface area contributed by atoms with Gasteiger partial charge in [0.1, 0.15) is 13.1 Å². The van der Waals surface area contributed by atoms with Gasteiger partial charge in [-0.3, -0.25) is 14.2 Å². The van der Waals surface area contributed by atoms with Crippen LogP contribution in [0.3, 0.4) is 0 Å². The van der Waals surface area contributed by atoms with E-state index in [4.69, 9.17) is 11.6 Å². The van der Waals surface area contributed by atoms with Gasteiger partial charge < -0.3 is 5.11 Å². The van der Waals surface area contributed by atoms with Crippen molar-refractivity contribution in [2.75, 3.05) is 0 Å². The van der Waals surface area contributed by atoms with Crippen LogP contribution in [0.25, 0.3) is 11.4 Å². The minimum absolute atomic E-state index is 0.170. The van der Waals surface area contributed by atoms with Gasteiger partial charge in [-0.25, -0.2) is 9.48 Å². The first-order chi connectivity index (χ1) is 14.6. The van der Waals surface area contributed by atoms with Gasteiger partial charge in [0.05, 0.1) is 0 Å². The summed E-state index contributed by atoms with van der Waals surface area (Å²) in [6.07, 6.45) is 0.213. The van der Waals surface area contributed by atoms with E-state index >= 15 is 0 Å². The molecule has 0 bridgehead atoms. The van der Waals surface area contributed by atoms with Crippen molar-refractivity contribution in [1.82, 2.24) is 14.3 Å². The van der Waals surface area contributed by atoms with Crippen LogP contribution in [-0.4, -0.2) is 31.2 Å². The molecule has 0 aliphatic rings. The van der Waals surface area contributed by atoms with Crippen molar-refractivity contribution in [3.05, 3.63) is 75.2 Å². The predicted molar refractivity (Wildman–Crippen MR) is 118 cm³/mol. The maximum Gasteiger partial charge on any atom is 0.347 e. The predicted octanol–water partition coefficient (Wildman–Crippen LogP) is 3.70. The minimum Gasteiger partial charge on any atom is -0.480 e. The van der Waals surface area contributed by atoms with Crippen molar-refractivity contribution < 1.29 is 14.7 Å². The quantitative estimate of drug-likeness (QED) is 0.575. The Morgan fingerprint density at radius 1 is 1.10 bits per heavy atom. The average Bonchev–Trinajstić information content (AvgIpc) is 2.97. The first kappa shape index (κ1) is 22.5. The van der Waals surface area contributed by atoms with E-state index in [1.165, 1.54) is 0 Å². The molecule has 1 N–H and O–H groups in total. The Hall–Kier alpha value is -3.19. The van der Waals surface area contributed by atoms with Gasteiger partial charge in [0.25, 0.3) is 0 Å². The molecule has 3 aromatic rings. The summed E-state index contributed by atoms with van der Waals surface area (Å²) < 4.78 is 2.08. The van der Waals surface area contributed by atoms with Crippen LogP contribution in [0.4, 0.5) is 0 Å². The number of aliphatic carboxylic acids is 1. The molecule has 162 valence electrons. The molecule has 0 unspecified atom stereocenters. The Morgan fingerprint density at radius 2 is 1.77 bits per heavy atom. The highest BCUT2D eigenvalue weighted by molar-refractivity contribution is 6.30. The number of carbonyl (C=O) groups is 2. The summed E-state index contributed by atoms with van der Waals surface area (Å²) in [5, 5.41) is 14.0. The van der Waals surface area contributed by atoms with Gasteiger partial charge in [-0.15, -0.1) is 5.10 Å². The molecule has 0 amide bonds. The number of carboxylic acid groups (broad SMARTS) is 1. The fourth-order valence-corrected chi connectivity index (χ4v) is 3.64. The molecule has 2 aromatic carbocycles. The van der Waals surface area contributed by atoms with E-state index < -0.39 is 23.6 Å². The Kier molecular flexibility index (Phi) is 6.45. The highest BCUT2D eigenvalue weighted by Crippen LogP contribution is 2.28. The molecule has 0 saturated heterocycles. The molecule has 0 radical (unpaired) electrons. The zero-order chi connectivity index (χ0) is 22.8. The summed E-state index contributed by atoms with van der Waals surface area (Å²) in [6.45, 7) is 5.16. The third-order valence-corrected chi connectivity index (χ3v) is 5.34. The Balaban J connectivity index is 1.88. The van der Waals surface area contributed by atoms with E-state index in [-0.39, 0.29) is 24.6 Å². The normalized spacial score (nSPS) is 11.5. The van der Waals surface area contributed by atoms with E-state index in [9.17, 15) is 19.5 Å². The number of halogens is 1. The molecule has 1 heterocycles. The van der Waals surface area contributed by atoms with E-state index in [1.807, 2.05) is 45.0 Å². The monoisotopic (exact) mass is 441 g/mol. The first-order valence-electron chi connectivity index (χ1n) is 9.81. The number of aryl methyl sites for hydroxylation is 1. The maximum absolute atomic E-state index is 12.8. The van der Waals surface area contributed by atoms with Crippen molar-refractivity contribution in [2.45, 2.75) is 45.7 Å². The zero-order valence-corrected chi connectivity index (χ0v) is 18.4. The summed E-state index contributed by atoms with van der Waals surface area (Å²) >= 11 is 5.92. The van der Waals surface area contributed by atoms with Crippen molar-refractivity contribution >= 4 is 23.4 Å². The topological polar surface area (TPSA) is 94.2 Å². The second-order valence-corrected chi connectivity index (χ2v) is 8.66. The Labute approximate surface area is 184 Å². The van der Waals surface area contributed by atoms with Gasteiger partial charge in [-0.05, 0) is 42.2 Å². The fraction of sp³-hybridized carbons (Fsp3) is 0.304. The van der Waals surface area contributed by atoms with Gasteiger partial charge in [-0.1, -0.05) is 55.3 Å². The van der Waals surface area contributed by atoms with Crippen LogP contribution in [-0.2, 0) is 28.1 Å². The second-order valence-electron chi connectivity index (χ2n) is 8.22. The standard InChI is InChI=1S/C23H24ClN3O4/c1-15-5-4-6-17(11-15)23(2,3)12-19(28)13-27-22(31)26(14-20(29)30)21(25-27)16-7-9-18(24)10-8-16/h4-11H,12-14H2,1-3H3,(H,29,30). The lowest BCUT2D eigenvalue weighted by Crippen LogP contribution is -2.31. The highest BCUT2D eigenvalue weighted by Gasteiger charge is 2.26. The third kappa shape index (κ3) is 5.30. The molecule has 0 saturated carbocycles. The van der Waals surface area contributed by atoms with Crippen molar-refractivity contribution in [3.8, 4) is 11.4 Å². The van der Waals surface area contributed by atoms with Gasteiger partial charge in [0.2, 0.25) is 0 Å². The number of benzene rings is 2. The molecule has 7 nitrogen and oxygen atoms in total. The second kappa shape index (κ2) is 8.89. The molecule has 0 fully saturated rings. The number of carboxylic acids is 1. The van der Waals surface area contributed by atoms with Crippen LogP contribution >= 0.6 is 11.6 Å². The maximum atomic E-state index is 12.8. The number of carbonyl (C=O) groups excluding carboxylic acids is 1. The number of Topliss-reactive ketones (excluding diaryl/α,β-unsaturated/α-hetero) is 1. The molecule has 0 atom stereocenters. The average molecular weight is 442 g/mol. The largest absolute Gasteiger partial charge is 0.480 e. The number of hydrogen-bond donors (Lipinski definition) is 1. The molecule has 0 aliphatic carbocycles. The van der Waals surface area contributed by atoms with E-state index in [0.717, 1.165) is 20.4 Å². The number of ketones is 1. The molecule has 8 heteroatoms. The van der Waals surface area contributed by atoms with Crippen molar-refractivity contribution in [1.29, 1.82) is 0 Å². The molecule has 1 aromatic heterocycles. The van der Waals surface area contributed by atoms with Crippen LogP contribution in [0.5, 0.6) is 0 Å². The molecule has 0 spiro atoms. The summed E-state index contributed by atoms with van der Waals surface area (Å²) in [4.78, 5) is 36.9. The number of aromatic nitrogens is 3. The Morgan fingerprint density at radius 3 is 2.39 bits per heavy atom. The van der Waals surface area contributed by atoms with Crippen molar-refractivity contribution in [2.24, 2.45) is 0 Å². The third-order valence-electron chi connectivity index (χ3n) is 5.08.